The maximum Gasteiger partial charge on any atom is 0.115 e. The predicted molar refractivity (Wildman–Crippen MR) is 61.1 cm³/mol. The second kappa shape index (κ2) is 3.25. The first-order valence-electron chi connectivity index (χ1n) is 5.98. The number of fused-ring (bicyclic) bond motifs is 2. The van der Waals surface area contributed by atoms with Gasteiger partial charge in [0.25, 0.3) is 0 Å². The van der Waals surface area contributed by atoms with Gasteiger partial charge in [-0.05, 0) is 55.4 Å². The number of aromatic hydroxyl groups is 1. The third kappa shape index (κ3) is 1.12. The van der Waals surface area contributed by atoms with Gasteiger partial charge in [-0.25, -0.2) is 0 Å². The molecular weight excluding hydrogens is 198 g/mol. The molecule has 1 N–H and O–H groups in total. The predicted octanol–water partition coefficient (Wildman–Crippen LogP) is 2.90. The fraction of sp³-hybridized carbons (Fsp3) is 0.500. The fourth-order valence-corrected chi connectivity index (χ4v) is 3.42. The van der Waals surface area contributed by atoms with Gasteiger partial charge in [0.05, 0.1) is 12.0 Å². The van der Waals surface area contributed by atoms with Crippen molar-refractivity contribution < 1.29 is 5.11 Å². The molecule has 2 nitrogen and oxygen atoms in total. The molecule has 3 rings (SSSR count). The minimum atomic E-state index is 0.0705. The molecule has 1 unspecified atom stereocenters. The van der Waals surface area contributed by atoms with Crippen molar-refractivity contribution in [3.63, 3.8) is 0 Å². The first kappa shape index (κ1) is 9.72. The molecule has 0 amide bonds. The molecule has 2 aliphatic rings. The van der Waals surface area contributed by atoms with Crippen molar-refractivity contribution in [2.45, 2.75) is 37.5 Å². The lowest BCUT2D eigenvalue weighted by atomic mass is 9.52. The number of phenols is 1. The Morgan fingerprint density at radius 2 is 2.25 bits per heavy atom. The van der Waals surface area contributed by atoms with Crippen molar-refractivity contribution in [1.29, 1.82) is 5.26 Å². The summed E-state index contributed by atoms with van der Waals surface area (Å²) in [6.07, 6.45) is 5.51. The van der Waals surface area contributed by atoms with Crippen LogP contribution in [-0.2, 0) is 11.8 Å². The minimum absolute atomic E-state index is 0.0705. The van der Waals surface area contributed by atoms with E-state index in [2.05, 4.69) is 6.07 Å². The zero-order valence-electron chi connectivity index (χ0n) is 9.24. The molecule has 0 heterocycles. The number of aryl methyl sites for hydroxylation is 1. The zero-order chi connectivity index (χ0) is 11.2. The standard InChI is InChI=1S/C14H15NO/c15-9-11-5-7-14(11)6-1-2-10-3-4-12(16)8-13(10)14/h3-4,8,11,16H,1-2,5-7H2/t11-,14?/m0/s1. The molecule has 2 heteroatoms. The minimum Gasteiger partial charge on any atom is -0.508 e. The van der Waals surface area contributed by atoms with Crippen molar-refractivity contribution in [1.82, 2.24) is 0 Å². The zero-order valence-corrected chi connectivity index (χ0v) is 9.24. The number of hydrogen-bond acceptors (Lipinski definition) is 2. The summed E-state index contributed by atoms with van der Waals surface area (Å²) in [5.41, 5.74) is 2.65. The molecule has 0 saturated heterocycles. The molecule has 1 spiro atoms. The summed E-state index contributed by atoms with van der Waals surface area (Å²) < 4.78 is 0. The van der Waals surface area contributed by atoms with Gasteiger partial charge in [0, 0.05) is 5.41 Å². The Bertz CT molecular complexity index is 474. The van der Waals surface area contributed by atoms with Gasteiger partial charge in [-0.3, -0.25) is 0 Å². The van der Waals surface area contributed by atoms with Crippen LogP contribution in [0.25, 0.3) is 0 Å². The highest BCUT2D eigenvalue weighted by Crippen LogP contribution is 2.55. The second-order valence-corrected chi connectivity index (χ2v) is 5.07. The topological polar surface area (TPSA) is 44.0 Å². The van der Waals surface area contributed by atoms with Gasteiger partial charge in [-0.2, -0.15) is 5.26 Å². The molecule has 1 aromatic rings. The Labute approximate surface area is 95.5 Å². The normalized spacial score (nSPS) is 31.6. The van der Waals surface area contributed by atoms with Gasteiger partial charge >= 0.3 is 0 Å². The van der Waals surface area contributed by atoms with E-state index < -0.39 is 0 Å². The van der Waals surface area contributed by atoms with Crippen LogP contribution < -0.4 is 0 Å². The average Bonchev–Trinajstić information content (AvgIpc) is 2.27. The molecule has 2 atom stereocenters. The Kier molecular flexibility index (Phi) is 1.97. The van der Waals surface area contributed by atoms with Gasteiger partial charge in [-0.1, -0.05) is 6.07 Å². The highest BCUT2D eigenvalue weighted by molar-refractivity contribution is 5.45. The van der Waals surface area contributed by atoms with Gasteiger partial charge in [-0.15, -0.1) is 0 Å². The molecular formula is C14H15NO. The number of benzene rings is 1. The van der Waals surface area contributed by atoms with Gasteiger partial charge in [0.2, 0.25) is 0 Å². The summed E-state index contributed by atoms with van der Waals surface area (Å²) in [6.45, 7) is 0. The van der Waals surface area contributed by atoms with E-state index in [9.17, 15) is 10.4 Å². The summed E-state index contributed by atoms with van der Waals surface area (Å²) in [6, 6.07) is 8.12. The quantitative estimate of drug-likeness (QED) is 0.720. The van der Waals surface area contributed by atoms with Crippen LogP contribution in [0.4, 0.5) is 0 Å². The molecule has 0 aromatic heterocycles. The molecule has 0 radical (unpaired) electrons. The summed E-state index contributed by atoms with van der Waals surface area (Å²) in [4.78, 5) is 0. The fourth-order valence-electron chi connectivity index (χ4n) is 3.42. The number of hydrogen-bond donors (Lipinski definition) is 1. The van der Waals surface area contributed by atoms with E-state index in [-0.39, 0.29) is 11.3 Å². The lowest BCUT2D eigenvalue weighted by Crippen LogP contribution is -2.46. The van der Waals surface area contributed by atoms with E-state index in [4.69, 9.17) is 0 Å². The summed E-state index contributed by atoms with van der Waals surface area (Å²) in [5, 5.41) is 18.8. The Hall–Kier alpha value is -1.49. The van der Waals surface area contributed by atoms with E-state index in [0.717, 1.165) is 25.7 Å². The highest BCUT2D eigenvalue weighted by atomic mass is 16.3. The van der Waals surface area contributed by atoms with Crippen LogP contribution in [-0.4, -0.2) is 5.11 Å². The molecule has 1 aromatic carbocycles. The van der Waals surface area contributed by atoms with E-state index in [1.807, 2.05) is 12.1 Å². The van der Waals surface area contributed by atoms with Crippen LogP contribution in [0.5, 0.6) is 5.75 Å². The Morgan fingerprint density at radius 3 is 2.94 bits per heavy atom. The third-order valence-corrected chi connectivity index (χ3v) is 4.40. The molecule has 2 aliphatic carbocycles. The second-order valence-electron chi connectivity index (χ2n) is 5.07. The monoisotopic (exact) mass is 213 g/mol. The van der Waals surface area contributed by atoms with Crippen molar-refractivity contribution in [3.05, 3.63) is 29.3 Å². The maximum absolute atomic E-state index is 9.62. The summed E-state index contributed by atoms with van der Waals surface area (Å²) in [7, 11) is 0. The van der Waals surface area contributed by atoms with Crippen LogP contribution >= 0.6 is 0 Å². The smallest absolute Gasteiger partial charge is 0.115 e. The van der Waals surface area contributed by atoms with Crippen LogP contribution in [0.15, 0.2) is 18.2 Å². The first-order valence-corrected chi connectivity index (χ1v) is 5.98. The number of phenolic OH excluding ortho intramolecular Hbond substituents is 1. The molecule has 0 aliphatic heterocycles. The lowest BCUT2D eigenvalue weighted by molar-refractivity contribution is 0.143. The summed E-state index contributed by atoms with van der Waals surface area (Å²) >= 11 is 0. The Balaban J connectivity index is 2.13. The number of nitriles is 1. The van der Waals surface area contributed by atoms with Gasteiger partial charge in [0.15, 0.2) is 0 Å². The molecule has 82 valence electrons. The van der Waals surface area contributed by atoms with E-state index in [0.29, 0.717) is 5.75 Å². The van der Waals surface area contributed by atoms with Crippen molar-refractivity contribution in [2.24, 2.45) is 5.92 Å². The number of nitrogens with zero attached hydrogens (tertiary/aromatic N) is 1. The first-order chi connectivity index (χ1) is 7.76. The van der Waals surface area contributed by atoms with Crippen LogP contribution in [0.2, 0.25) is 0 Å². The number of rotatable bonds is 0. The van der Waals surface area contributed by atoms with Crippen LogP contribution in [0.3, 0.4) is 0 Å². The van der Waals surface area contributed by atoms with Crippen molar-refractivity contribution in [2.75, 3.05) is 0 Å². The highest BCUT2D eigenvalue weighted by Gasteiger charge is 2.50. The average molecular weight is 213 g/mol. The van der Waals surface area contributed by atoms with E-state index >= 15 is 0 Å². The Morgan fingerprint density at radius 1 is 1.38 bits per heavy atom. The largest absolute Gasteiger partial charge is 0.508 e. The van der Waals surface area contributed by atoms with Crippen molar-refractivity contribution in [3.8, 4) is 11.8 Å². The third-order valence-electron chi connectivity index (χ3n) is 4.40. The molecule has 0 bridgehead atoms. The molecule has 1 saturated carbocycles. The summed E-state index contributed by atoms with van der Waals surface area (Å²) in [5.74, 6) is 0.497. The SMILES string of the molecule is N#C[C@@H]1CCC12CCCc1ccc(O)cc12. The van der Waals surface area contributed by atoms with Crippen LogP contribution in [0, 0.1) is 17.2 Å². The van der Waals surface area contributed by atoms with Gasteiger partial charge < -0.3 is 5.11 Å². The van der Waals surface area contributed by atoms with Crippen LogP contribution in [0.1, 0.15) is 36.8 Å². The molecule has 16 heavy (non-hydrogen) atoms. The van der Waals surface area contributed by atoms with Crippen molar-refractivity contribution >= 4 is 0 Å². The van der Waals surface area contributed by atoms with E-state index in [1.54, 1.807) is 6.07 Å². The molecule has 1 fully saturated rings. The van der Waals surface area contributed by atoms with E-state index in [1.165, 1.54) is 17.5 Å². The lowest BCUT2D eigenvalue weighted by Gasteiger charge is -2.50. The maximum atomic E-state index is 9.62. The van der Waals surface area contributed by atoms with Gasteiger partial charge in [0.1, 0.15) is 5.75 Å².